The van der Waals surface area contributed by atoms with Crippen molar-refractivity contribution >= 4 is 27.5 Å². The SMILES string of the molecule is Cc1nc(-c2ccc(Br)cc2)ns1. The Hall–Kier alpha value is -0.740. The van der Waals surface area contributed by atoms with Crippen LogP contribution in [-0.2, 0) is 0 Å². The van der Waals surface area contributed by atoms with Crippen molar-refractivity contribution in [1.29, 1.82) is 0 Å². The maximum absolute atomic E-state index is 4.30. The average Bonchev–Trinajstić information content (AvgIpc) is 2.53. The minimum Gasteiger partial charge on any atom is -0.220 e. The third kappa shape index (κ3) is 1.95. The van der Waals surface area contributed by atoms with Crippen LogP contribution in [0, 0.1) is 6.92 Å². The largest absolute Gasteiger partial charge is 0.220 e. The van der Waals surface area contributed by atoms with E-state index in [2.05, 4.69) is 25.3 Å². The highest BCUT2D eigenvalue weighted by Gasteiger charge is 2.02. The molecule has 0 aliphatic carbocycles. The molecule has 4 heteroatoms. The van der Waals surface area contributed by atoms with E-state index in [1.165, 1.54) is 11.5 Å². The standard InChI is InChI=1S/C9H7BrN2S/c1-6-11-9(12-13-6)7-2-4-8(10)5-3-7/h2-5H,1H3. The fraction of sp³-hybridized carbons (Fsp3) is 0.111. The van der Waals surface area contributed by atoms with E-state index in [-0.39, 0.29) is 0 Å². The summed E-state index contributed by atoms with van der Waals surface area (Å²) in [6.07, 6.45) is 0. The summed E-state index contributed by atoms with van der Waals surface area (Å²) in [6, 6.07) is 7.99. The van der Waals surface area contributed by atoms with E-state index in [9.17, 15) is 0 Å². The number of hydrogen-bond donors (Lipinski definition) is 0. The maximum Gasteiger partial charge on any atom is 0.173 e. The third-order valence-corrected chi connectivity index (χ3v) is 2.78. The van der Waals surface area contributed by atoms with Gasteiger partial charge in [0.25, 0.3) is 0 Å². The summed E-state index contributed by atoms with van der Waals surface area (Å²) in [7, 11) is 0. The first-order chi connectivity index (χ1) is 6.25. The van der Waals surface area contributed by atoms with E-state index in [1.807, 2.05) is 31.2 Å². The number of hydrogen-bond acceptors (Lipinski definition) is 3. The van der Waals surface area contributed by atoms with Crippen molar-refractivity contribution in [2.75, 3.05) is 0 Å². The predicted molar refractivity (Wildman–Crippen MR) is 57.8 cm³/mol. The van der Waals surface area contributed by atoms with Gasteiger partial charge in [0.2, 0.25) is 0 Å². The minimum atomic E-state index is 0.815. The molecule has 0 unspecified atom stereocenters. The maximum atomic E-state index is 4.30. The number of aryl methyl sites for hydroxylation is 1. The zero-order valence-corrected chi connectivity index (χ0v) is 9.39. The van der Waals surface area contributed by atoms with E-state index in [4.69, 9.17) is 0 Å². The van der Waals surface area contributed by atoms with E-state index in [0.717, 1.165) is 20.9 Å². The molecule has 0 amide bonds. The first-order valence-electron chi connectivity index (χ1n) is 3.82. The van der Waals surface area contributed by atoms with Gasteiger partial charge in [0.1, 0.15) is 5.01 Å². The van der Waals surface area contributed by atoms with Gasteiger partial charge in [0.05, 0.1) is 0 Å². The van der Waals surface area contributed by atoms with Crippen molar-refractivity contribution in [1.82, 2.24) is 9.36 Å². The first kappa shape index (κ1) is 8.84. The second-order valence-electron chi connectivity index (χ2n) is 2.64. The summed E-state index contributed by atoms with van der Waals surface area (Å²) in [6.45, 7) is 1.96. The molecule has 13 heavy (non-hydrogen) atoms. The van der Waals surface area contributed by atoms with Gasteiger partial charge in [-0.05, 0) is 30.6 Å². The van der Waals surface area contributed by atoms with Gasteiger partial charge >= 0.3 is 0 Å². The molecular weight excluding hydrogens is 248 g/mol. The van der Waals surface area contributed by atoms with Crippen molar-refractivity contribution in [3.05, 3.63) is 33.7 Å². The molecule has 2 aromatic rings. The monoisotopic (exact) mass is 254 g/mol. The fourth-order valence-electron chi connectivity index (χ4n) is 1.02. The summed E-state index contributed by atoms with van der Waals surface area (Å²) in [5, 5.41) is 0.998. The summed E-state index contributed by atoms with van der Waals surface area (Å²) >= 11 is 4.82. The normalized spacial score (nSPS) is 10.3. The Morgan fingerprint density at radius 2 is 1.92 bits per heavy atom. The van der Waals surface area contributed by atoms with Crippen LogP contribution in [0.1, 0.15) is 5.01 Å². The molecule has 1 aromatic heterocycles. The molecule has 0 saturated heterocycles. The highest BCUT2D eigenvalue weighted by Crippen LogP contribution is 2.20. The van der Waals surface area contributed by atoms with Crippen LogP contribution in [-0.4, -0.2) is 9.36 Å². The first-order valence-corrected chi connectivity index (χ1v) is 5.38. The Labute approximate surface area is 88.9 Å². The highest BCUT2D eigenvalue weighted by molar-refractivity contribution is 9.10. The summed E-state index contributed by atoms with van der Waals surface area (Å²) in [4.78, 5) is 4.30. The highest BCUT2D eigenvalue weighted by atomic mass is 79.9. The van der Waals surface area contributed by atoms with Gasteiger partial charge in [-0.25, -0.2) is 4.98 Å². The van der Waals surface area contributed by atoms with E-state index in [0.29, 0.717) is 0 Å². The van der Waals surface area contributed by atoms with Gasteiger partial charge in [-0.1, -0.05) is 28.1 Å². The Kier molecular flexibility index (Phi) is 2.42. The van der Waals surface area contributed by atoms with Gasteiger partial charge in [-0.3, -0.25) is 0 Å². The molecule has 1 heterocycles. The number of aromatic nitrogens is 2. The molecule has 2 nitrogen and oxygen atoms in total. The van der Waals surface area contributed by atoms with Gasteiger partial charge in [0, 0.05) is 10.0 Å². The van der Waals surface area contributed by atoms with E-state index >= 15 is 0 Å². The molecule has 2 rings (SSSR count). The van der Waals surface area contributed by atoms with Crippen molar-refractivity contribution < 1.29 is 0 Å². The molecule has 0 aliphatic heterocycles. The zero-order chi connectivity index (χ0) is 9.26. The molecule has 1 aromatic carbocycles. The molecule has 0 spiro atoms. The Morgan fingerprint density at radius 3 is 2.46 bits per heavy atom. The molecule has 0 N–H and O–H groups in total. The second-order valence-corrected chi connectivity index (χ2v) is 4.52. The number of rotatable bonds is 1. The molecule has 0 bridgehead atoms. The van der Waals surface area contributed by atoms with Crippen LogP contribution in [0.15, 0.2) is 28.7 Å². The molecule has 0 radical (unpaired) electrons. The van der Waals surface area contributed by atoms with Crippen LogP contribution in [0.25, 0.3) is 11.4 Å². The lowest BCUT2D eigenvalue weighted by Crippen LogP contribution is -1.79. The van der Waals surface area contributed by atoms with Crippen molar-refractivity contribution in [3.8, 4) is 11.4 Å². The van der Waals surface area contributed by atoms with Crippen LogP contribution in [0.3, 0.4) is 0 Å². The van der Waals surface area contributed by atoms with Crippen LogP contribution in [0.5, 0.6) is 0 Å². The Morgan fingerprint density at radius 1 is 1.23 bits per heavy atom. The minimum absolute atomic E-state index is 0.815. The molecule has 0 fully saturated rings. The molecular formula is C9H7BrN2S. The van der Waals surface area contributed by atoms with Crippen molar-refractivity contribution in [3.63, 3.8) is 0 Å². The van der Waals surface area contributed by atoms with Gasteiger partial charge in [-0.2, -0.15) is 4.37 Å². The van der Waals surface area contributed by atoms with E-state index < -0.39 is 0 Å². The lowest BCUT2D eigenvalue weighted by molar-refractivity contribution is 1.26. The zero-order valence-electron chi connectivity index (χ0n) is 6.99. The number of nitrogens with zero attached hydrogens (tertiary/aromatic N) is 2. The van der Waals surface area contributed by atoms with Crippen LogP contribution in [0.2, 0.25) is 0 Å². The quantitative estimate of drug-likeness (QED) is 0.781. The van der Waals surface area contributed by atoms with Crippen LogP contribution in [0.4, 0.5) is 0 Å². The molecule has 66 valence electrons. The molecule has 0 atom stereocenters. The second kappa shape index (κ2) is 3.55. The number of halogens is 1. The average molecular weight is 255 g/mol. The van der Waals surface area contributed by atoms with Gasteiger partial charge in [-0.15, -0.1) is 0 Å². The lowest BCUT2D eigenvalue weighted by Gasteiger charge is -1.94. The van der Waals surface area contributed by atoms with Crippen LogP contribution >= 0.6 is 27.5 Å². The predicted octanol–water partition coefficient (Wildman–Crippen LogP) is 3.28. The fourth-order valence-corrected chi connectivity index (χ4v) is 1.77. The van der Waals surface area contributed by atoms with Crippen molar-refractivity contribution in [2.24, 2.45) is 0 Å². The lowest BCUT2D eigenvalue weighted by atomic mass is 10.2. The summed E-state index contributed by atoms with van der Waals surface area (Å²) < 4.78 is 5.30. The van der Waals surface area contributed by atoms with Gasteiger partial charge in [0.15, 0.2) is 5.82 Å². The van der Waals surface area contributed by atoms with E-state index in [1.54, 1.807) is 0 Å². The Balaban J connectivity index is 2.41. The van der Waals surface area contributed by atoms with Crippen molar-refractivity contribution in [2.45, 2.75) is 6.92 Å². The molecule has 0 aliphatic rings. The molecule has 0 saturated carbocycles. The summed E-state index contributed by atoms with van der Waals surface area (Å²) in [5.41, 5.74) is 1.06. The van der Waals surface area contributed by atoms with Crippen LogP contribution < -0.4 is 0 Å². The topological polar surface area (TPSA) is 25.8 Å². The van der Waals surface area contributed by atoms with Gasteiger partial charge < -0.3 is 0 Å². The number of benzene rings is 1. The third-order valence-electron chi connectivity index (χ3n) is 1.63. The summed E-state index contributed by atoms with van der Waals surface area (Å²) in [5.74, 6) is 0.815. The smallest absolute Gasteiger partial charge is 0.173 e. The Bertz CT molecular complexity index is 408.